The van der Waals surface area contributed by atoms with E-state index in [0.29, 0.717) is 22.0 Å². The van der Waals surface area contributed by atoms with Crippen LogP contribution in [0.25, 0.3) is 16.5 Å². The van der Waals surface area contributed by atoms with E-state index in [1.54, 1.807) is 36.4 Å². The molecule has 32 heavy (non-hydrogen) atoms. The number of rotatable bonds is 3. The average molecular weight is 448 g/mol. The number of halogens is 1. The normalized spacial score (nSPS) is 14.7. The van der Waals surface area contributed by atoms with Crippen LogP contribution in [-0.4, -0.2) is 23.1 Å². The van der Waals surface area contributed by atoms with Gasteiger partial charge in [-0.25, -0.2) is 12.8 Å². The van der Waals surface area contributed by atoms with Crippen molar-refractivity contribution >= 4 is 26.3 Å². The maximum atomic E-state index is 13.6. The molecule has 0 spiro atoms. The van der Waals surface area contributed by atoms with Gasteiger partial charge in [0, 0.05) is 29.6 Å². The van der Waals surface area contributed by atoms with Gasteiger partial charge in [-0.2, -0.15) is 0 Å². The number of aromatic nitrogens is 2. The molecule has 1 N–H and O–H groups in total. The van der Waals surface area contributed by atoms with Crippen LogP contribution < -0.4 is 5.56 Å². The zero-order valence-corrected chi connectivity index (χ0v) is 17.5. The van der Waals surface area contributed by atoms with Crippen LogP contribution in [0.15, 0.2) is 82.1 Å². The highest BCUT2D eigenvalue weighted by Gasteiger charge is 2.28. The molecule has 6 nitrogen and oxygen atoms in total. The summed E-state index contributed by atoms with van der Waals surface area (Å²) in [6, 6.07) is 14.0. The number of aromatic hydroxyl groups is 1. The molecule has 2 aromatic heterocycles. The lowest BCUT2D eigenvalue weighted by Gasteiger charge is -2.20. The molecule has 0 saturated carbocycles. The molecule has 160 valence electrons. The van der Waals surface area contributed by atoms with Crippen molar-refractivity contribution in [2.24, 2.45) is 0 Å². The molecular weight excluding hydrogens is 431 g/mol. The minimum atomic E-state index is -3.81. The summed E-state index contributed by atoms with van der Waals surface area (Å²) >= 11 is 0. The highest BCUT2D eigenvalue weighted by Crippen LogP contribution is 2.36. The van der Waals surface area contributed by atoms with Gasteiger partial charge in [0.05, 0.1) is 22.5 Å². The molecule has 1 aliphatic heterocycles. The Balaban J connectivity index is 1.75. The summed E-state index contributed by atoms with van der Waals surface area (Å²) in [4.78, 5) is 17.7. The quantitative estimate of drug-likeness (QED) is 0.517. The van der Waals surface area contributed by atoms with Crippen LogP contribution in [0.1, 0.15) is 16.7 Å². The Morgan fingerprint density at radius 2 is 1.81 bits per heavy atom. The largest absolute Gasteiger partial charge is 0.506 e. The molecule has 0 aliphatic carbocycles. The van der Waals surface area contributed by atoms with Crippen LogP contribution in [0.3, 0.4) is 0 Å². The van der Waals surface area contributed by atoms with Crippen LogP contribution >= 0.6 is 0 Å². The second-order valence-electron chi connectivity index (χ2n) is 7.61. The monoisotopic (exact) mass is 448 g/mol. The Bertz CT molecular complexity index is 1570. The molecule has 2 aromatic carbocycles. The summed E-state index contributed by atoms with van der Waals surface area (Å²) in [5.74, 6) is -0.656. The van der Waals surface area contributed by atoms with Crippen molar-refractivity contribution in [2.75, 3.05) is 0 Å². The Labute approximate surface area is 182 Å². The van der Waals surface area contributed by atoms with Gasteiger partial charge in [0.15, 0.2) is 0 Å². The summed E-state index contributed by atoms with van der Waals surface area (Å²) in [7, 11) is -3.81. The Hall–Kier alpha value is -3.78. The number of allylic oxidation sites excluding steroid dienone is 1. The lowest BCUT2D eigenvalue weighted by atomic mass is 9.98. The van der Waals surface area contributed by atoms with Gasteiger partial charge < -0.3 is 9.67 Å². The molecule has 4 aromatic rings. The first-order valence-electron chi connectivity index (χ1n) is 9.83. The van der Waals surface area contributed by atoms with Crippen LogP contribution in [0.5, 0.6) is 5.75 Å². The lowest BCUT2D eigenvalue weighted by molar-refractivity contribution is 0.477. The standard InChI is InChI=1S/C24H17FN2O4S/c25-18-7-5-15(6-8-18)13-27-20-4-2-1-3-19(20)23(28)22(24(27)29)17-11-16-12-26-10-9-21(16)32(30,31)14-17/h1-10,12,14,28H,11,13H2. The van der Waals surface area contributed by atoms with Gasteiger partial charge >= 0.3 is 0 Å². The number of nitrogens with zero attached hydrogens (tertiary/aromatic N) is 2. The predicted molar refractivity (Wildman–Crippen MR) is 118 cm³/mol. The van der Waals surface area contributed by atoms with Gasteiger partial charge in [-0.3, -0.25) is 9.78 Å². The van der Waals surface area contributed by atoms with Crippen LogP contribution in [0, 0.1) is 5.82 Å². The van der Waals surface area contributed by atoms with Crippen LogP contribution in [0.4, 0.5) is 4.39 Å². The van der Waals surface area contributed by atoms with Gasteiger partial charge in [-0.05, 0) is 47.0 Å². The van der Waals surface area contributed by atoms with Crippen molar-refractivity contribution in [1.82, 2.24) is 9.55 Å². The molecule has 0 unspecified atom stereocenters. The van der Waals surface area contributed by atoms with Crippen molar-refractivity contribution in [3.63, 3.8) is 0 Å². The smallest absolute Gasteiger partial charge is 0.262 e. The fraction of sp³-hybridized carbons (Fsp3) is 0.0833. The zero-order valence-electron chi connectivity index (χ0n) is 16.7. The molecule has 8 heteroatoms. The van der Waals surface area contributed by atoms with Crippen molar-refractivity contribution < 1.29 is 17.9 Å². The number of benzene rings is 2. The summed E-state index contributed by atoms with van der Waals surface area (Å²) in [6.45, 7) is 0.130. The molecule has 5 rings (SSSR count). The summed E-state index contributed by atoms with van der Waals surface area (Å²) in [5.41, 5.74) is 1.25. The van der Waals surface area contributed by atoms with Crippen LogP contribution in [0.2, 0.25) is 0 Å². The van der Waals surface area contributed by atoms with E-state index in [0.717, 1.165) is 5.41 Å². The van der Waals surface area contributed by atoms with Crippen LogP contribution in [-0.2, 0) is 22.8 Å². The second-order valence-corrected chi connectivity index (χ2v) is 9.37. The van der Waals surface area contributed by atoms with E-state index in [2.05, 4.69) is 4.98 Å². The first kappa shape index (κ1) is 20.1. The van der Waals surface area contributed by atoms with E-state index in [1.807, 2.05) is 0 Å². The molecule has 0 radical (unpaired) electrons. The van der Waals surface area contributed by atoms with E-state index in [-0.39, 0.29) is 40.6 Å². The predicted octanol–water partition coefficient (Wildman–Crippen LogP) is 3.66. The topological polar surface area (TPSA) is 89.3 Å². The summed E-state index contributed by atoms with van der Waals surface area (Å²) in [5, 5.41) is 12.5. The van der Waals surface area contributed by atoms with Gasteiger partial charge in [-0.15, -0.1) is 0 Å². The Morgan fingerprint density at radius 3 is 2.59 bits per heavy atom. The minimum Gasteiger partial charge on any atom is -0.506 e. The van der Waals surface area contributed by atoms with E-state index >= 15 is 0 Å². The number of pyridine rings is 2. The van der Waals surface area contributed by atoms with E-state index in [1.165, 1.54) is 35.2 Å². The molecule has 1 aliphatic rings. The van der Waals surface area contributed by atoms with E-state index in [9.17, 15) is 22.7 Å². The van der Waals surface area contributed by atoms with Crippen molar-refractivity contribution in [3.8, 4) is 5.75 Å². The number of sulfone groups is 1. The number of hydrogen-bond acceptors (Lipinski definition) is 5. The van der Waals surface area contributed by atoms with Gasteiger partial charge in [0.2, 0.25) is 9.84 Å². The summed E-state index contributed by atoms with van der Waals surface area (Å²) < 4.78 is 40.4. The molecule has 0 bridgehead atoms. The minimum absolute atomic E-state index is 0.0658. The molecular formula is C24H17FN2O4S. The maximum absolute atomic E-state index is 13.6. The molecule has 3 heterocycles. The van der Waals surface area contributed by atoms with Gasteiger partial charge in [0.25, 0.3) is 5.56 Å². The van der Waals surface area contributed by atoms with E-state index < -0.39 is 15.4 Å². The van der Waals surface area contributed by atoms with Crippen molar-refractivity contribution in [2.45, 2.75) is 17.9 Å². The van der Waals surface area contributed by atoms with E-state index in [4.69, 9.17) is 0 Å². The Kier molecular flexibility index (Phi) is 4.67. The summed E-state index contributed by atoms with van der Waals surface area (Å²) in [6.07, 6.45) is 2.99. The number of fused-ring (bicyclic) bond motifs is 2. The Morgan fingerprint density at radius 1 is 1.06 bits per heavy atom. The first-order valence-corrected chi connectivity index (χ1v) is 11.4. The first-order chi connectivity index (χ1) is 15.3. The SMILES string of the molecule is O=c1c(C2=CS(=O)(=O)c3ccncc3C2)c(O)c2ccccc2n1Cc1ccc(F)cc1. The fourth-order valence-corrected chi connectivity index (χ4v) is 5.52. The molecule has 0 atom stereocenters. The molecule has 0 saturated heterocycles. The highest BCUT2D eigenvalue weighted by molar-refractivity contribution is 7.94. The number of para-hydroxylation sites is 1. The van der Waals surface area contributed by atoms with Crippen molar-refractivity contribution in [1.29, 1.82) is 0 Å². The lowest BCUT2D eigenvalue weighted by Crippen LogP contribution is -2.26. The van der Waals surface area contributed by atoms with Gasteiger partial charge in [0.1, 0.15) is 11.6 Å². The third-order valence-electron chi connectivity index (χ3n) is 5.56. The van der Waals surface area contributed by atoms with Crippen molar-refractivity contribution in [3.05, 3.63) is 105 Å². The number of hydrogen-bond donors (Lipinski definition) is 1. The highest BCUT2D eigenvalue weighted by atomic mass is 32.2. The van der Waals surface area contributed by atoms with Gasteiger partial charge in [-0.1, -0.05) is 24.3 Å². The average Bonchev–Trinajstić information content (AvgIpc) is 2.78. The molecule has 0 fully saturated rings. The second kappa shape index (κ2) is 7.42. The third kappa shape index (κ3) is 3.29. The fourth-order valence-electron chi connectivity index (χ4n) is 4.08. The zero-order chi connectivity index (χ0) is 22.5. The maximum Gasteiger partial charge on any atom is 0.262 e. The third-order valence-corrected chi connectivity index (χ3v) is 7.17. The molecule has 0 amide bonds.